The number of aliphatic hydroxyl groups excluding tert-OH is 1. The van der Waals surface area contributed by atoms with Gasteiger partial charge in [0.05, 0.1) is 30.1 Å². The maximum Gasteiger partial charge on any atom is 0.399 e. The van der Waals surface area contributed by atoms with E-state index in [4.69, 9.17) is 16.3 Å². The summed E-state index contributed by atoms with van der Waals surface area (Å²) in [4.78, 5) is 7.64. The number of alkyl halides is 3. The van der Waals surface area contributed by atoms with Gasteiger partial charge in [0.25, 0.3) is 0 Å². The maximum atomic E-state index is 13.5. The predicted molar refractivity (Wildman–Crippen MR) is 104 cm³/mol. The molecule has 2 aromatic rings. The number of hydrogen-bond acceptors (Lipinski definition) is 4. The zero-order chi connectivity index (χ0) is 20.9. The molecular formula is C20H22ClF3N2O2. The molecular weight excluding hydrogens is 393 g/mol. The third kappa shape index (κ3) is 5.45. The highest BCUT2D eigenvalue weighted by atomic mass is 35.5. The van der Waals surface area contributed by atoms with Crippen LogP contribution in [0.4, 0.5) is 18.9 Å². The van der Waals surface area contributed by atoms with Gasteiger partial charge in [-0.1, -0.05) is 37.6 Å². The van der Waals surface area contributed by atoms with Gasteiger partial charge in [-0.15, -0.1) is 0 Å². The van der Waals surface area contributed by atoms with Crippen LogP contribution in [0.5, 0.6) is 5.75 Å². The Hall–Kier alpha value is -2.12. The van der Waals surface area contributed by atoms with Gasteiger partial charge in [-0.2, -0.15) is 13.2 Å². The zero-order valence-corrected chi connectivity index (χ0v) is 16.5. The number of para-hydroxylation sites is 1. The second kappa shape index (κ2) is 8.92. The molecule has 0 aliphatic heterocycles. The molecule has 2 rings (SSSR count). The lowest BCUT2D eigenvalue weighted by atomic mass is 9.77. The van der Waals surface area contributed by atoms with Gasteiger partial charge in [0.2, 0.25) is 0 Å². The third-order valence-corrected chi connectivity index (χ3v) is 4.74. The van der Waals surface area contributed by atoms with Crippen LogP contribution >= 0.6 is 11.6 Å². The standard InChI is InChI=1S/C20H22ClF3N2O2/c1-19(2,14-7-4-8-16(21)18(14)28-3)10-17(27)15(20(22,23)24)12-26-13-6-5-9-25-11-13/h4-9,11-12,15,17,27H,10H2,1-3H3. The Kier molecular flexibility index (Phi) is 7.06. The molecule has 0 aliphatic rings. The summed E-state index contributed by atoms with van der Waals surface area (Å²) < 4.78 is 46.0. The second-order valence-electron chi connectivity index (χ2n) is 7.03. The van der Waals surface area contributed by atoms with Crippen molar-refractivity contribution in [1.82, 2.24) is 4.98 Å². The number of benzene rings is 1. The van der Waals surface area contributed by atoms with Crippen LogP contribution in [-0.2, 0) is 5.41 Å². The molecule has 1 heterocycles. The van der Waals surface area contributed by atoms with Gasteiger partial charge in [0.15, 0.2) is 0 Å². The molecule has 4 nitrogen and oxygen atoms in total. The first-order chi connectivity index (χ1) is 13.1. The van der Waals surface area contributed by atoms with E-state index in [1.165, 1.54) is 25.6 Å². The number of aromatic nitrogens is 1. The van der Waals surface area contributed by atoms with Crippen molar-refractivity contribution in [3.63, 3.8) is 0 Å². The highest BCUT2D eigenvalue weighted by molar-refractivity contribution is 6.32. The van der Waals surface area contributed by atoms with Crippen LogP contribution in [0.1, 0.15) is 25.8 Å². The number of hydrogen-bond donors (Lipinski definition) is 1. The zero-order valence-electron chi connectivity index (χ0n) is 15.7. The summed E-state index contributed by atoms with van der Waals surface area (Å²) in [6.45, 7) is 3.46. The maximum absolute atomic E-state index is 13.5. The summed E-state index contributed by atoms with van der Waals surface area (Å²) in [5.41, 5.74) is 0.0628. The molecule has 1 aromatic carbocycles. The van der Waals surface area contributed by atoms with Crippen molar-refractivity contribution in [3.05, 3.63) is 53.3 Å². The second-order valence-corrected chi connectivity index (χ2v) is 7.44. The summed E-state index contributed by atoms with van der Waals surface area (Å²) in [6.07, 6.45) is -2.97. The fourth-order valence-corrected chi connectivity index (χ4v) is 3.26. The highest BCUT2D eigenvalue weighted by Gasteiger charge is 2.45. The Labute approximate surface area is 167 Å². The highest BCUT2D eigenvalue weighted by Crippen LogP contribution is 2.41. The summed E-state index contributed by atoms with van der Waals surface area (Å²) in [6, 6.07) is 8.16. The molecule has 152 valence electrons. The molecule has 28 heavy (non-hydrogen) atoms. The Bertz CT molecular complexity index is 811. The number of pyridine rings is 1. The number of rotatable bonds is 7. The normalized spacial score (nSPS) is 14.9. The molecule has 0 bridgehead atoms. The van der Waals surface area contributed by atoms with Crippen molar-refractivity contribution in [3.8, 4) is 5.75 Å². The van der Waals surface area contributed by atoms with Crippen molar-refractivity contribution in [2.45, 2.75) is 38.0 Å². The largest absolute Gasteiger partial charge is 0.495 e. The Morgan fingerprint density at radius 2 is 1.96 bits per heavy atom. The van der Waals surface area contributed by atoms with E-state index in [0.717, 1.165) is 6.21 Å². The van der Waals surface area contributed by atoms with Crippen molar-refractivity contribution >= 4 is 23.5 Å². The van der Waals surface area contributed by atoms with Gasteiger partial charge in [-0.3, -0.25) is 9.98 Å². The van der Waals surface area contributed by atoms with Crippen molar-refractivity contribution in [1.29, 1.82) is 0 Å². The minimum Gasteiger partial charge on any atom is -0.495 e. The molecule has 0 spiro atoms. The van der Waals surface area contributed by atoms with E-state index in [1.54, 1.807) is 38.1 Å². The topological polar surface area (TPSA) is 54.7 Å². The van der Waals surface area contributed by atoms with Gasteiger partial charge >= 0.3 is 6.18 Å². The van der Waals surface area contributed by atoms with Gasteiger partial charge in [-0.25, -0.2) is 0 Å². The summed E-state index contributed by atoms with van der Waals surface area (Å²) >= 11 is 6.13. The fourth-order valence-electron chi connectivity index (χ4n) is 3.01. The SMILES string of the molecule is COc1c(Cl)cccc1C(C)(C)CC(O)C(C=Nc1cccnc1)C(F)(F)F. The van der Waals surface area contributed by atoms with Crippen molar-refractivity contribution in [2.75, 3.05) is 7.11 Å². The first kappa shape index (κ1) is 22.2. The van der Waals surface area contributed by atoms with E-state index < -0.39 is 23.6 Å². The quantitative estimate of drug-likeness (QED) is 0.621. The fraction of sp³-hybridized carbons (Fsp3) is 0.400. The minimum atomic E-state index is -4.65. The summed E-state index contributed by atoms with van der Waals surface area (Å²) in [7, 11) is 1.44. The van der Waals surface area contributed by atoms with Crippen LogP contribution < -0.4 is 4.74 Å². The van der Waals surface area contributed by atoms with Crippen molar-refractivity contribution in [2.24, 2.45) is 10.9 Å². The molecule has 0 saturated heterocycles. The van der Waals surface area contributed by atoms with E-state index >= 15 is 0 Å². The molecule has 0 fully saturated rings. The number of ether oxygens (including phenoxy) is 1. The number of aliphatic imine (C=N–C) groups is 1. The Balaban J connectivity index is 2.29. The Morgan fingerprint density at radius 3 is 2.54 bits per heavy atom. The molecule has 0 saturated carbocycles. The molecule has 2 unspecified atom stereocenters. The minimum absolute atomic E-state index is 0.174. The first-order valence-electron chi connectivity index (χ1n) is 8.58. The Morgan fingerprint density at radius 1 is 1.25 bits per heavy atom. The lowest BCUT2D eigenvalue weighted by molar-refractivity contribution is -0.178. The van der Waals surface area contributed by atoms with E-state index in [2.05, 4.69) is 9.98 Å². The number of halogens is 4. The van der Waals surface area contributed by atoms with Gasteiger partial charge < -0.3 is 9.84 Å². The first-order valence-corrected chi connectivity index (χ1v) is 8.96. The lowest BCUT2D eigenvalue weighted by Gasteiger charge is -2.32. The van der Waals surface area contributed by atoms with Crippen LogP contribution in [0.3, 0.4) is 0 Å². The van der Waals surface area contributed by atoms with Crippen LogP contribution in [-0.4, -0.2) is 35.7 Å². The van der Waals surface area contributed by atoms with Gasteiger partial charge in [-0.05, 0) is 30.0 Å². The predicted octanol–water partition coefficient (Wildman–Crippen LogP) is 5.35. The average Bonchev–Trinajstić information content (AvgIpc) is 2.61. The van der Waals surface area contributed by atoms with E-state index in [1.807, 2.05) is 0 Å². The molecule has 1 aromatic heterocycles. The third-order valence-electron chi connectivity index (χ3n) is 4.44. The summed E-state index contributed by atoms with van der Waals surface area (Å²) in [5, 5.41) is 10.8. The van der Waals surface area contributed by atoms with E-state index in [9.17, 15) is 18.3 Å². The number of methoxy groups -OCH3 is 1. The molecule has 0 amide bonds. The van der Waals surface area contributed by atoms with Crippen LogP contribution in [0.15, 0.2) is 47.7 Å². The van der Waals surface area contributed by atoms with Crippen LogP contribution in [0.25, 0.3) is 0 Å². The summed E-state index contributed by atoms with van der Waals surface area (Å²) in [5.74, 6) is -1.74. The van der Waals surface area contributed by atoms with E-state index in [0.29, 0.717) is 16.3 Å². The van der Waals surface area contributed by atoms with Crippen LogP contribution in [0.2, 0.25) is 5.02 Å². The molecule has 0 aliphatic carbocycles. The number of aliphatic hydroxyl groups is 1. The molecule has 8 heteroatoms. The number of nitrogens with zero attached hydrogens (tertiary/aromatic N) is 2. The van der Waals surface area contributed by atoms with Crippen molar-refractivity contribution < 1.29 is 23.0 Å². The smallest absolute Gasteiger partial charge is 0.399 e. The van der Waals surface area contributed by atoms with Gasteiger partial charge in [0.1, 0.15) is 11.7 Å². The molecule has 1 N–H and O–H groups in total. The average molecular weight is 415 g/mol. The van der Waals surface area contributed by atoms with Crippen LogP contribution in [0, 0.1) is 5.92 Å². The molecule has 2 atom stereocenters. The molecule has 0 radical (unpaired) electrons. The lowest BCUT2D eigenvalue weighted by Crippen LogP contribution is -2.39. The monoisotopic (exact) mass is 414 g/mol. The van der Waals surface area contributed by atoms with E-state index in [-0.39, 0.29) is 12.1 Å². The van der Waals surface area contributed by atoms with Gasteiger partial charge in [0, 0.05) is 18.0 Å².